The highest BCUT2D eigenvalue weighted by Gasteiger charge is 2.16. The average Bonchev–Trinajstić information content (AvgIpc) is 3.17. The fourth-order valence-electron chi connectivity index (χ4n) is 3.19. The van der Waals surface area contributed by atoms with E-state index in [0.29, 0.717) is 17.4 Å². The van der Waals surface area contributed by atoms with Crippen molar-refractivity contribution in [2.24, 2.45) is 7.05 Å². The number of benzene rings is 1. The van der Waals surface area contributed by atoms with Gasteiger partial charge in [-0.3, -0.25) is 9.59 Å². The quantitative estimate of drug-likeness (QED) is 0.798. The summed E-state index contributed by atoms with van der Waals surface area (Å²) >= 11 is 0. The van der Waals surface area contributed by atoms with Gasteiger partial charge in [-0.05, 0) is 43.9 Å². The van der Waals surface area contributed by atoms with E-state index in [2.05, 4.69) is 5.10 Å². The Morgan fingerprint density at radius 3 is 2.69 bits per heavy atom. The third-order valence-corrected chi connectivity index (χ3v) is 4.78. The highest BCUT2D eigenvalue weighted by molar-refractivity contribution is 5.94. The lowest BCUT2D eigenvalue weighted by molar-refractivity contribution is 0.0763. The largest absolute Gasteiger partial charge is 0.378 e. The number of carbonyl (C=O) groups excluding carboxylic acids is 1. The van der Waals surface area contributed by atoms with Crippen molar-refractivity contribution < 1.29 is 9.53 Å². The maximum Gasteiger partial charge on any atom is 0.266 e. The number of aromatic nitrogens is 2. The van der Waals surface area contributed by atoms with Crippen molar-refractivity contribution in [1.82, 2.24) is 14.7 Å². The Morgan fingerprint density at radius 1 is 1.27 bits per heavy atom. The molecule has 0 aliphatic carbocycles. The van der Waals surface area contributed by atoms with E-state index >= 15 is 0 Å². The molecule has 0 bridgehead atoms. The number of ether oxygens (including phenoxy) is 1. The molecule has 0 spiro atoms. The van der Waals surface area contributed by atoms with E-state index in [1.54, 1.807) is 30.1 Å². The van der Waals surface area contributed by atoms with Gasteiger partial charge in [0.2, 0.25) is 0 Å². The second-order valence-electron chi connectivity index (χ2n) is 6.76. The zero-order valence-corrected chi connectivity index (χ0v) is 15.4. The molecule has 1 aromatic heterocycles. The smallest absolute Gasteiger partial charge is 0.266 e. The molecule has 1 aliphatic rings. The summed E-state index contributed by atoms with van der Waals surface area (Å²) in [6, 6.07) is 10.5. The molecule has 1 aromatic carbocycles. The summed E-state index contributed by atoms with van der Waals surface area (Å²) in [5.41, 5.74) is 2.08. The van der Waals surface area contributed by atoms with Crippen molar-refractivity contribution in [1.29, 1.82) is 0 Å². The molecule has 138 valence electrons. The topological polar surface area (TPSA) is 64.4 Å². The lowest BCUT2D eigenvalue weighted by Gasteiger charge is -2.18. The standard InChI is InChI=1S/C20H25N3O3/c1-22(13-3-5-17-6-4-14-26-17)20(25)16-9-7-15(8-10-16)18-11-12-19(24)23(2)21-18/h7-12,17H,3-6,13-14H2,1-2H3. The van der Waals surface area contributed by atoms with Crippen LogP contribution in [0.3, 0.4) is 0 Å². The van der Waals surface area contributed by atoms with Gasteiger partial charge in [-0.2, -0.15) is 5.10 Å². The van der Waals surface area contributed by atoms with E-state index < -0.39 is 0 Å². The van der Waals surface area contributed by atoms with Crippen LogP contribution < -0.4 is 5.56 Å². The highest BCUT2D eigenvalue weighted by Crippen LogP contribution is 2.18. The van der Waals surface area contributed by atoms with Crippen LogP contribution in [0.5, 0.6) is 0 Å². The molecule has 6 heteroatoms. The predicted octanol–water partition coefficient (Wildman–Crippen LogP) is 2.48. The van der Waals surface area contributed by atoms with E-state index in [0.717, 1.165) is 44.4 Å². The summed E-state index contributed by atoms with van der Waals surface area (Å²) in [5.74, 6) is 0.0114. The summed E-state index contributed by atoms with van der Waals surface area (Å²) in [4.78, 5) is 25.7. The van der Waals surface area contributed by atoms with Gasteiger partial charge in [0.05, 0.1) is 11.8 Å². The molecule has 1 fully saturated rings. The summed E-state index contributed by atoms with van der Waals surface area (Å²) in [6.07, 6.45) is 4.61. The number of aryl methyl sites for hydroxylation is 1. The molecule has 1 unspecified atom stereocenters. The van der Waals surface area contributed by atoms with Gasteiger partial charge in [-0.25, -0.2) is 4.68 Å². The molecule has 2 heterocycles. The fraction of sp³-hybridized carbons (Fsp3) is 0.450. The minimum Gasteiger partial charge on any atom is -0.378 e. The minimum atomic E-state index is -0.148. The van der Waals surface area contributed by atoms with Gasteiger partial charge in [0.1, 0.15) is 0 Å². The van der Waals surface area contributed by atoms with Gasteiger partial charge in [0.15, 0.2) is 0 Å². The van der Waals surface area contributed by atoms with Crippen molar-refractivity contribution in [3.05, 3.63) is 52.3 Å². The summed E-state index contributed by atoms with van der Waals surface area (Å²) < 4.78 is 6.92. The van der Waals surface area contributed by atoms with Gasteiger partial charge >= 0.3 is 0 Å². The molecule has 1 amide bonds. The maximum absolute atomic E-state index is 12.6. The zero-order chi connectivity index (χ0) is 18.5. The molecular formula is C20H25N3O3. The molecular weight excluding hydrogens is 330 g/mol. The predicted molar refractivity (Wildman–Crippen MR) is 100 cm³/mol. The van der Waals surface area contributed by atoms with Crippen LogP contribution in [0.15, 0.2) is 41.2 Å². The average molecular weight is 355 g/mol. The maximum atomic E-state index is 12.6. The third-order valence-electron chi connectivity index (χ3n) is 4.78. The SMILES string of the molecule is CN(CCCC1CCCO1)C(=O)c1ccc(-c2ccc(=O)n(C)n2)cc1. The number of hydrogen-bond donors (Lipinski definition) is 0. The Bertz CT molecular complexity index is 808. The Labute approximate surface area is 153 Å². The van der Waals surface area contributed by atoms with E-state index in [-0.39, 0.29) is 11.5 Å². The lowest BCUT2D eigenvalue weighted by atomic mass is 10.1. The zero-order valence-electron chi connectivity index (χ0n) is 15.4. The fourth-order valence-corrected chi connectivity index (χ4v) is 3.19. The van der Waals surface area contributed by atoms with Crippen LogP contribution in [0.1, 0.15) is 36.0 Å². The number of nitrogens with zero attached hydrogens (tertiary/aromatic N) is 3. The number of amides is 1. The Hall–Kier alpha value is -2.47. The van der Waals surface area contributed by atoms with Crippen LogP contribution in [0, 0.1) is 0 Å². The molecule has 3 rings (SSSR count). The first-order chi connectivity index (χ1) is 12.5. The third kappa shape index (κ3) is 4.38. The van der Waals surface area contributed by atoms with E-state index in [1.165, 1.54) is 10.7 Å². The Kier molecular flexibility index (Phi) is 5.83. The van der Waals surface area contributed by atoms with Crippen molar-refractivity contribution in [2.75, 3.05) is 20.2 Å². The second kappa shape index (κ2) is 8.27. The van der Waals surface area contributed by atoms with Gasteiger partial charge in [-0.15, -0.1) is 0 Å². The molecule has 1 saturated heterocycles. The summed E-state index contributed by atoms with van der Waals surface area (Å²) in [5, 5.41) is 4.23. The molecule has 0 saturated carbocycles. The van der Waals surface area contributed by atoms with Crippen LogP contribution in [-0.2, 0) is 11.8 Å². The highest BCUT2D eigenvalue weighted by atomic mass is 16.5. The van der Waals surface area contributed by atoms with Crippen LogP contribution in [-0.4, -0.2) is 46.9 Å². The van der Waals surface area contributed by atoms with E-state index in [9.17, 15) is 9.59 Å². The summed E-state index contributed by atoms with van der Waals surface area (Å²) in [7, 11) is 3.45. The molecule has 1 atom stereocenters. The lowest BCUT2D eigenvalue weighted by Crippen LogP contribution is -2.28. The number of hydrogen-bond acceptors (Lipinski definition) is 4. The first kappa shape index (κ1) is 18.3. The summed E-state index contributed by atoms with van der Waals surface area (Å²) in [6.45, 7) is 1.60. The second-order valence-corrected chi connectivity index (χ2v) is 6.76. The Morgan fingerprint density at radius 2 is 2.04 bits per heavy atom. The molecule has 26 heavy (non-hydrogen) atoms. The molecule has 6 nitrogen and oxygen atoms in total. The van der Waals surface area contributed by atoms with Gasteiger partial charge in [-0.1, -0.05) is 12.1 Å². The number of carbonyl (C=O) groups is 1. The normalized spacial score (nSPS) is 16.6. The molecule has 0 radical (unpaired) electrons. The van der Waals surface area contributed by atoms with Gasteiger partial charge in [0, 0.05) is 44.4 Å². The van der Waals surface area contributed by atoms with Crippen molar-refractivity contribution in [2.45, 2.75) is 31.8 Å². The number of rotatable bonds is 6. The van der Waals surface area contributed by atoms with Crippen LogP contribution in [0.25, 0.3) is 11.3 Å². The van der Waals surface area contributed by atoms with Crippen LogP contribution in [0.4, 0.5) is 0 Å². The van der Waals surface area contributed by atoms with Crippen LogP contribution >= 0.6 is 0 Å². The first-order valence-electron chi connectivity index (χ1n) is 9.06. The minimum absolute atomic E-state index is 0.0114. The van der Waals surface area contributed by atoms with Crippen molar-refractivity contribution >= 4 is 5.91 Å². The molecule has 0 N–H and O–H groups in total. The van der Waals surface area contributed by atoms with Crippen molar-refractivity contribution in [3.63, 3.8) is 0 Å². The van der Waals surface area contributed by atoms with Gasteiger partial charge in [0.25, 0.3) is 11.5 Å². The molecule has 1 aliphatic heterocycles. The van der Waals surface area contributed by atoms with E-state index in [1.807, 2.05) is 19.2 Å². The Balaban J connectivity index is 1.58. The van der Waals surface area contributed by atoms with Gasteiger partial charge < -0.3 is 9.64 Å². The van der Waals surface area contributed by atoms with Crippen molar-refractivity contribution in [3.8, 4) is 11.3 Å². The van der Waals surface area contributed by atoms with Crippen LogP contribution in [0.2, 0.25) is 0 Å². The van der Waals surface area contributed by atoms with E-state index in [4.69, 9.17) is 4.74 Å². The molecule has 2 aromatic rings. The monoisotopic (exact) mass is 355 g/mol. The first-order valence-corrected chi connectivity index (χ1v) is 9.06.